The zero-order valence-corrected chi connectivity index (χ0v) is 20.4. The number of hydrogen-bond donors (Lipinski definition) is 1. The second-order valence-electron chi connectivity index (χ2n) is 8.49. The van der Waals surface area contributed by atoms with E-state index in [1.54, 1.807) is 13.0 Å². The second-order valence-corrected chi connectivity index (χ2v) is 8.49. The van der Waals surface area contributed by atoms with Crippen molar-refractivity contribution in [3.05, 3.63) is 93.0 Å². The summed E-state index contributed by atoms with van der Waals surface area (Å²) in [7, 11) is 1.18. The third kappa shape index (κ3) is 5.94. The Balaban J connectivity index is 1.87. The van der Waals surface area contributed by atoms with Gasteiger partial charge in [-0.2, -0.15) is 5.26 Å². The number of esters is 1. The lowest BCUT2D eigenvalue weighted by Gasteiger charge is -2.18. The lowest BCUT2D eigenvalue weighted by Crippen LogP contribution is -2.26. The number of hydrogen-bond acceptors (Lipinski definition) is 6. The van der Waals surface area contributed by atoms with Crippen LogP contribution in [0.25, 0.3) is 11.1 Å². The molecule has 0 aromatic heterocycles. The van der Waals surface area contributed by atoms with Gasteiger partial charge in [-0.3, -0.25) is 14.9 Å². The van der Waals surface area contributed by atoms with Crippen molar-refractivity contribution in [2.45, 2.75) is 33.1 Å². The van der Waals surface area contributed by atoms with Crippen molar-refractivity contribution >= 4 is 23.3 Å². The summed E-state index contributed by atoms with van der Waals surface area (Å²) in [4.78, 5) is 36.6. The van der Waals surface area contributed by atoms with Crippen molar-refractivity contribution in [1.82, 2.24) is 0 Å². The van der Waals surface area contributed by atoms with E-state index in [4.69, 9.17) is 4.74 Å². The van der Waals surface area contributed by atoms with Crippen LogP contribution in [0.5, 0.6) is 0 Å². The van der Waals surface area contributed by atoms with Crippen LogP contribution in [0.4, 0.5) is 11.4 Å². The first-order valence-electron chi connectivity index (χ1n) is 11.6. The number of rotatable bonds is 9. The third-order valence-electron chi connectivity index (χ3n) is 5.91. The number of nitro benzene ring substituents is 1. The van der Waals surface area contributed by atoms with E-state index in [9.17, 15) is 25.0 Å². The summed E-state index contributed by atoms with van der Waals surface area (Å²) in [5.74, 6) is -1.65. The largest absolute Gasteiger partial charge is 0.465 e. The molecule has 0 heterocycles. The van der Waals surface area contributed by atoms with Gasteiger partial charge in [0.25, 0.3) is 5.69 Å². The summed E-state index contributed by atoms with van der Waals surface area (Å²) in [5, 5.41) is 23.7. The van der Waals surface area contributed by atoms with Gasteiger partial charge in [-0.15, -0.1) is 0 Å². The van der Waals surface area contributed by atoms with E-state index in [0.29, 0.717) is 24.0 Å². The molecule has 1 atom stereocenters. The number of carbonyl (C=O) groups excluding carboxylic acids is 2. The van der Waals surface area contributed by atoms with Gasteiger partial charge in [-0.1, -0.05) is 55.8 Å². The molecule has 36 heavy (non-hydrogen) atoms. The van der Waals surface area contributed by atoms with Crippen molar-refractivity contribution in [3.63, 3.8) is 0 Å². The molecule has 3 rings (SSSR count). The number of nitrogens with zero attached hydrogens (tertiary/aromatic N) is 2. The number of nitro groups is 1. The average molecular weight is 486 g/mol. The highest BCUT2D eigenvalue weighted by Crippen LogP contribution is 2.32. The normalized spacial score (nSPS) is 11.3. The van der Waals surface area contributed by atoms with Crippen LogP contribution >= 0.6 is 0 Å². The van der Waals surface area contributed by atoms with Gasteiger partial charge in [0, 0.05) is 12.0 Å². The molecule has 1 unspecified atom stereocenters. The van der Waals surface area contributed by atoms with Gasteiger partial charge >= 0.3 is 5.97 Å². The molecule has 3 aromatic carbocycles. The number of carbonyl (C=O) groups is 2. The van der Waals surface area contributed by atoms with Crippen LogP contribution in [0, 0.1) is 34.3 Å². The Hall–Kier alpha value is -4.51. The van der Waals surface area contributed by atoms with E-state index < -0.39 is 22.7 Å². The van der Waals surface area contributed by atoms with Crippen molar-refractivity contribution < 1.29 is 19.2 Å². The number of methoxy groups -OCH3 is 1. The number of nitrogens with one attached hydrogen (secondary N) is 1. The Morgan fingerprint density at radius 3 is 2.44 bits per heavy atom. The molecule has 0 aliphatic rings. The van der Waals surface area contributed by atoms with E-state index in [1.165, 1.54) is 19.2 Å². The average Bonchev–Trinajstić information content (AvgIpc) is 2.88. The predicted octanol–water partition coefficient (Wildman–Crippen LogP) is 5.83. The van der Waals surface area contributed by atoms with Crippen molar-refractivity contribution in [1.29, 1.82) is 5.26 Å². The lowest BCUT2D eigenvalue weighted by atomic mass is 9.92. The molecule has 0 radical (unpaired) electrons. The van der Waals surface area contributed by atoms with Crippen LogP contribution in [0.15, 0.2) is 60.7 Å². The van der Waals surface area contributed by atoms with Crippen LogP contribution in [0.1, 0.15) is 46.8 Å². The molecule has 0 bridgehead atoms. The van der Waals surface area contributed by atoms with Gasteiger partial charge in [0.2, 0.25) is 5.91 Å². The molecule has 0 aliphatic carbocycles. The second kappa shape index (κ2) is 11.8. The molecular formula is C28H27N3O5. The highest BCUT2D eigenvalue weighted by atomic mass is 16.6. The van der Waals surface area contributed by atoms with Crippen LogP contribution < -0.4 is 5.32 Å². The van der Waals surface area contributed by atoms with Crippen molar-refractivity contribution in [2.75, 3.05) is 12.4 Å². The molecule has 184 valence electrons. The third-order valence-corrected chi connectivity index (χ3v) is 5.91. The van der Waals surface area contributed by atoms with E-state index in [1.807, 2.05) is 49.4 Å². The first-order chi connectivity index (χ1) is 17.3. The van der Waals surface area contributed by atoms with Gasteiger partial charge in [-0.25, -0.2) is 4.79 Å². The summed E-state index contributed by atoms with van der Waals surface area (Å²) in [6, 6.07) is 19.9. The minimum Gasteiger partial charge on any atom is -0.465 e. The topological polar surface area (TPSA) is 122 Å². The van der Waals surface area contributed by atoms with E-state index in [-0.39, 0.29) is 16.9 Å². The maximum atomic E-state index is 13.3. The monoisotopic (exact) mass is 485 g/mol. The van der Waals surface area contributed by atoms with Crippen molar-refractivity contribution in [3.8, 4) is 17.2 Å². The lowest BCUT2D eigenvalue weighted by molar-refractivity contribution is -0.384. The van der Waals surface area contributed by atoms with Gasteiger partial charge < -0.3 is 10.1 Å². The zero-order chi connectivity index (χ0) is 26.2. The fourth-order valence-corrected chi connectivity index (χ4v) is 4.15. The molecule has 0 spiro atoms. The molecule has 0 aliphatic heterocycles. The number of aryl methyl sites for hydroxylation is 1. The van der Waals surface area contributed by atoms with E-state index >= 15 is 0 Å². The van der Waals surface area contributed by atoms with E-state index in [0.717, 1.165) is 23.1 Å². The Morgan fingerprint density at radius 2 is 1.83 bits per heavy atom. The van der Waals surface area contributed by atoms with Crippen LogP contribution in [0.2, 0.25) is 0 Å². The number of anilines is 1. The minimum atomic E-state index is -0.766. The molecule has 0 fully saturated rings. The molecular weight excluding hydrogens is 458 g/mol. The SMILES string of the molecule is CCCC(Cc1ccc(-c2ccccc2C#N)cc1)C(=O)Nc1c(C(=O)OC)cc(C)cc1[N+](=O)[O-]. The first kappa shape index (κ1) is 26.1. The molecule has 1 N–H and O–H groups in total. The first-order valence-corrected chi connectivity index (χ1v) is 11.6. The molecule has 0 saturated heterocycles. The molecule has 1 amide bonds. The Morgan fingerprint density at radius 1 is 1.14 bits per heavy atom. The number of ether oxygens (including phenoxy) is 1. The van der Waals surface area contributed by atoms with Crippen LogP contribution in [-0.4, -0.2) is 23.9 Å². The quantitative estimate of drug-likeness (QED) is 0.231. The minimum absolute atomic E-state index is 0.0618. The zero-order valence-electron chi connectivity index (χ0n) is 20.4. The highest BCUT2D eigenvalue weighted by molar-refractivity contribution is 6.04. The summed E-state index contributed by atoms with van der Waals surface area (Å²) < 4.78 is 4.78. The molecule has 8 heteroatoms. The van der Waals surface area contributed by atoms with Gasteiger partial charge in [0.15, 0.2) is 0 Å². The highest BCUT2D eigenvalue weighted by Gasteiger charge is 2.28. The number of nitriles is 1. The summed E-state index contributed by atoms with van der Waals surface area (Å²) >= 11 is 0. The fraction of sp³-hybridized carbons (Fsp3) is 0.250. The number of amides is 1. The maximum absolute atomic E-state index is 13.3. The fourth-order valence-electron chi connectivity index (χ4n) is 4.15. The predicted molar refractivity (Wildman–Crippen MR) is 136 cm³/mol. The van der Waals surface area contributed by atoms with Crippen LogP contribution in [0.3, 0.4) is 0 Å². The molecule has 3 aromatic rings. The Kier molecular flexibility index (Phi) is 8.52. The summed E-state index contributed by atoms with van der Waals surface area (Å²) in [6.07, 6.45) is 1.69. The molecule has 0 saturated carbocycles. The van der Waals surface area contributed by atoms with Crippen molar-refractivity contribution in [2.24, 2.45) is 5.92 Å². The van der Waals surface area contributed by atoms with Crippen LogP contribution in [-0.2, 0) is 16.0 Å². The standard InChI is InChI=1S/C28H27N3O5/c1-4-7-21(16-19-10-12-20(13-11-19)23-9-6-5-8-22(23)17-29)27(32)30-26-24(28(33)36-3)14-18(2)15-25(26)31(34)35/h5-6,8-15,21H,4,7,16H2,1-3H3,(H,30,32). The van der Waals surface area contributed by atoms with Gasteiger partial charge in [0.05, 0.1) is 29.2 Å². The van der Waals surface area contributed by atoms with E-state index in [2.05, 4.69) is 11.4 Å². The maximum Gasteiger partial charge on any atom is 0.340 e. The summed E-state index contributed by atoms with van der Waals surface area (Å²) in [5.41, 5.74) is 3.13. The van der Waals surface area contributed by atoms with Gasteiger partial charge in [-0.05, 0) is 54.2 Å². The Labute approximate surface area is 209 Å². The Bertz CT molecular complexity index is 1330. The smallest absolute Gasteiger partial charge is 0.340 e. The van der Waals surface area contributed by atoms with Gasteiger partial charge in [0.1, 0.15) is 5.69 Å². The number of benzene rings is 3. The molecule has 8 nitrogen and oxygen atoms in total. The summed E-state index contributed by atoms with van der Waals surface area (Å²) in [6.45, 7) is 3.58.